The summed E-state index contributed by atoms with van der Waals surface area (Å²) in [5, 5.41) is 6.31. The molecular weight excluding hydrogens is 374 g/mol. The average molecular weight is 400 g/mol. The number of halogens is 1. The molecule has 4 rings (SSSR count). The van der Waals surface area contributed by atoms with E-state index in [2.05, 4.69) is 22.8 Å². The van der Waals surface area contributed by atoms with Crippen molar-refractivity contribution in [1.29, 1.82) is 0 Å². The van der Waals surface area contributed by atoms with Crippen LogP contribution in [0, 0.1) is 6.92 Å². The minimum atomic E-state index is -0.391. The van der Waals surface area contributed by atoms with Gasteiger partial charge in [-0.15, -0.1) is 12.4 Å². The lowest BCUT2D eigenvalue weighted by Gasteiger charge is -2.31. The van der Waals surface area contributed by atoms with E-state index >= 15 is 0 Å². The van der Waals surface area contributed by atoms with Crippen molar-refractivity contribution in [2.45, 2.75) is 44.8 Å². The number of likely N-dealkylation sites (tertiary alicyclic amines) is 1. The number of fused-ring (bicyclic) bond motifs is 1. The third-order valence-corrected chi connectivity index (χ3v) is 5.54. The van der Waals surface area contributed by atoms with Crippen LogP contribution in [0.3, 0.4) is 0 Å². The Morgan fingerprint density at radius 1 is 1.07 bits per heavy atom. The Balaban J connectivity index is 0.00000225. The molecule has 2 aliphatic heterocycles. The fraction of sp³-hybridized carbons (Fsp3) is 0.364. The van der Waals surface area contributed by atoms with Gasteiger partial charge in [-0.3, -0.25) is 9.59 Å². The molecule has 5 nitrogen and oxygen atoms in total. The molecule has 0 aromatic heterocycles. The molecule has 28 heavy (non-hydrogen) atoms. The molecule has 2 amide bonds. The monoisotopic (exact) mass is 399 g/mol. The van der Waals surface area contributed by atoms with Gasteiger partial charge in [-0.2, -0.15) is 0 Å². The first kappa shape index (κ1) is 20.4. The molecule has 2 heterocycles. The van der Waals surface area contributed by atoms with E-state index in [1.165, 1.54) is 11.1 Å². The summed E-state index contributed by atoms with van der Waals surface area (Å²) in [6.45, 7) is 3.35. The molecule has 0 spiro atoms. The number of carbonyl (C=O) groups is 2. The molecular formula is C22H26ClN3O2. The first-order chi connectivity index (χ1) is 13.1. The predicted molar refractivity (Wildman–Crippen MR) is 113 cm³/mol. The number of rotatable bonds is 3. The van der Waals surface area contributed by atoms with E-state index in [1.807, 2.05) is 43.3 Å². The summed E-state index contributed by atoms with van der Waals surface area (Å²) in [5.74, 6) is -0.0630. The predicted octanol–water partition coefficient (Wildman–Crippen LogP) is 3.06. The Bertz CT molecular complexity index is 853. The highest BCUT2D eigenvalue weighted by Crippen LogP contribution is 2.23. The van der Waals surface area contributed by atoms with Crippen LogP contribution in [0.4, 0.5) is 5.69 Å². The molecule has 2 aliphatic rings. The zero-order valence-corrected chi connectivity index (χ0v) is 16.8. The Hall–Kier alpha value is -2.37. The molecule has 1 saturated heterocycles. The third kappa shape index (κ3) is 4.21. The molecule has 0 radical (unpaired) electrons. The van der Waals surface area contributed by atoms with Crippen LogP contribution in [-0.4, -0.2) is 35.3 Å². The lowest BCUT2D eigenvalue weighted by atomic mass is 9.95. The van der Waals surface area contributed by atoms with Gasteiger partial charge in [-0.25, -0.2) is 0 Å². The number of carbonyl (C=O) groups excluding carboxylic acids is 2. The van der Waals surface area contributed by atoms with Gasteiger partial charge in [0.25, 0.3) is 0 Å². The molecule has 2 aromatic rings. The minimum Gasteiger partial charge on any atom is -0.329 e. The van der Waals surface area contributed by atoms with Gasteiger partial charge in [0.2, 0.25) is 11.8 Å². The summed E-state index contributed by atoms with van der Waals surface area (Å²) in [7, 11) is 0. The summed E-state index contributed by atoms with van der Waals surface area (Å²) < 4.78 is 0. The first-order valence-electron chi connectivity index (χ1n) is 9.60. The molecule has 1 fully saturated rings. The zero-order valence-electron chi connectivity index (χ0n) is 16.0. The zero-order chi connectivity index (χ0) is 18.8. The average Bonchev–Trinajstić information content (AvgIpc) is 3.19. The number of aryl methyl sites for hydroxylation is 1. The SMILES string of the molecule is Cc1ccc(NC(=O)C2CCCN2C(=O)C2Cc3ccccc3CN2)cc1.Cl. The van der Waals surface area contributed by atoms with Crippen molar-refractivity contribution in [1.82, 2.24) is 10.2 Å². The van der Waals surface area contributed by atoms with Crippen LogP contribution in [0.25, 0.3) is 0 Å². The second-order valence-electron chi connectivity index (χ2n) is 7.45. The van der Waals surface area contributed by atoms with Crippen molar-refractivity contribution in [3.63, 3.8) is 0 Å². The number of benzene rings is 2. The lowest BCUT2D eigenvalue weighted by molar-refractivity contribution is -0.138. The molecule has 0 aliphatic carbocycles. The van der Waals surface area contributed by atoms with Crippen molar-refractivity contribution in [3.8, 4) is 0 Å². The highest BCUT2D eigenvalue weighted by Gasteiger charge is 2.38. The van der Waals surface area contributed by atoms with Crippen molar-refractivity contribution >= 4 is 29.9 Å². The smallest absolute Gasteiger partial charge is 0.247 e. The second kappa shape index (κ2) is 8.76. The van der Waals surface area contributed by atoms with Gasteiger partial charge in [0.1, 0.15) is 6.04 Å². The standard InChI is InChI=1S/C22H25N3O2.ClH/c1-15-8-10-18(11-9-15)24-21(26)20-7-4-12-25(20)22(27)19-13-16-5-2-3-6-17(16)14-23-19;/h2-3,5-6,8-11,19-20,23H,4,7,12-14H2,1H3,(H,24,26);1H. The van der Waals surface area contributed by atoms with Crippen LogP contribution in [-0.2, 0) is 22.6 Å². The van der Waals surface area contributed by atoms with Crippen LogP contribution >= 0.6 is 12.4 Å². The molecule has 6 heteroatoms. The molecule has 148 valence electrons. The third-order valence-electron chi connectivity index (χ3n) is 5.54. The Morgan fingerprint density at radius 3 is 2.54 bits per heavy atom. The van der Waals surface area contributed by atoms with Gasteiger partial charge in [0.15, 0.2) is 0 Å². The lowest BCUT2D eigenvalue weighted by Crippen LogP contribution is -2.53. The van der Waals surface area contributed by atoms with Crippen LogP contribution in [0.1, 0.15) is 29.5 Å². The fourth-order valence-corrected chi connectivity index (χ4v) is 3.99. The normalized spacial score (nSPS) is 20.8. The van der Waals surface area contributed by atoms with Crippen LogP contribution in [0.5, 0.6) is 0 Å². The number of nitrogens with zero attached hydrogens (tertiary/aromatic N) is 1. The largest absolute Gasteiger partial charge is 0.329 e. The van der Waals surface area contributed by atoms with E-state index in [9.17, 15) is 9.59 Å². The van der Waals surface area contributed by atoms with E-state index in [1.54, 1.807) is 4.90 Å². The fourth-order valence-electron chi connectivity index (χ4n) is 3.99. The quantitative estimate of drug-likeness (QED) is 0.833. The summed E-state index contributed by atoms with van der Waals surface area (Å²) in [4.78, 5) is 27.6. The van der Waals surface area contributed by atoms with Gasteiger partial charge in [0, 0.05) is 18.8 Å². The first-order valence-corrected chi connectivity index (χ1v) is 9.60. The van der Waals surface area contributed by atoms with Gasteiger partial charge >= 0.3 is 0 Å². The molecule has 0 saturated carbocycles. The van der Waals surface area contributed by atoms with Crippen molar-refractivity contribution < 1.29 is 9.59 Å². The highest BCUT2D eigenvalue weighted by atomic mass is 35.5. The van der Waals surface area contributed by atoms with E-state index < -0.39 is 6.04 Å². The summed E-state index contributed by atoms with van der Waals surface area (Å²) in [6.07, 6.45) is 2.26. The Labute approximate surface area is 171 Å². The van der Waals surface area contributed by atoms with Crippen LogP contribution in [0.2, 0.25) is 0 Å². The number of amides is 2. The van der Waals surface area contributed by atoms with E-state index in [0.717, 1.165) is 17.7 Å². The number of anilines is 1. The second-order valence-corrected chi connectivity index (χ2v) is 7.45. The number of hydrogen-bond acceptors (Lipinski definition) is 3. The molecule has 2 N–H and O–H groups in total. The van der Waals surface area contributed by atoms with E-state index in [-0.39, 0.29) is 30.3 Å². The Kier molecular flexibility index (Phi) is 6.37. The summed E-state index contributed by atoms with van der Waals surface area (Å²) in [5.41, 5.74) is 4.38. The van der Waals surface area contributed by atoms with E-state index in [0.29, 0.717) is 25.9 Å². The molecule has 2 aromatic carbocycles. The van der Waals surface area contributed by atoms with Crippen molar-refractivity contribution in [2.75, 3.05) is 11.9 Å². The van der Waals surface area contributed by atoms with Gasteiger partial charge in [-0.05, 0) is 49.4 Å². The maximum atomic E-state index is 13.1. The van der Waals surface area contributed by atoms with Gasteiger partial charge in [-0.1, -0.05) is 42.0 Å². The van der Waals surface area contributed by atoms with E-state index in [4.69, 9.17) is 0 Å². The molecule has 2 unspecified atom stereocenters. The maximum Gasteiger partial charge on any atom is 0.247 e. The van der Waals surface area contributed by atoms with Crippen molar-refractivity contribution in [2.24, 2.45) is 0 Å². The highest BCUT2D eigenvalue weighted by molar-refractivity contribution is 5.98. The van der Waals surface area contributed by atoms with Gasteiger partial charge < -0.3 is 15.5 Å². The van der Waals surface area contributed by atoms with Crippen molar-refractivity contribution in [3.05, 3.63) is 65.2 Å². The topological polar surface area (TPSA) is 61.4 Å². The van der Waals surface area contributed by atoms with Gasteiger partial charge in [0.05, 0.1) is 6.04 Å². The van der Waals surface area contributed by atoms with Crippen LogP contribution in [0.15, 0.2) is 48.5 Å². The minimum absolute atomic E-state index is 0. The number of nitrogens with one attached hydrogen (secondary N) is 2. The Morgan fingerprint density at radius 2 is 1.79 bits per heavy atom. The maximum absolute atomic E-state index is 13.1. The molecule has 0 bridgehead atoms. The molecule has 2 atom stereocenters. The van der Waals surface area contributed by atoms with Crippen LogP contribution < -0.4 is 10.6 Å². The summed E-state index contributed by atoms with van der Waals surface area (Å²) in [6, 6.07) is 15.3. The summed E-state index contributed by atoms with van der Waals surface area (Å²) >= 11 is 0. The number of hydrogen-bond donors (Lipinski definition) is 2.